The average Bonchev–Trinajstić information content (AvgIpc) is 2.07. The molecule has 3 atom stereocenters. The van der Waals surface area contributed by atoms with E-state index in [0.717, 1.165) is 0 Å². The molecule has 0 spiro atoms. The Labute approximate surface area is 87.4 Å². The van der Waals surface area contributed by atoms with E-state index in [2.05, 4.69) is 0 Å². The van der Waals surface area contributed by atoms with Crippen molar-refractivity contribution in [1.82, 2.24) is 0 Å². The molecule has 1 aliphatic heterocycles. The maximum atomic E-state index is 9.25. The third-order valence-electron chi connectivity index (χ3n) is 1.75. The molecular weight excluding hydrogens is 295 g/mol. The van der Waals surface area contributed by atoms with Gasteiger partial charge in [0.15, 0.2) is 0 Å². The van der Waals surface area contributed by atoms with Crippen LogP contribution < -0.4 is 0 Å². The molecule has 1 aliphatic rings. The fraction of sp³-hybridized carbons (Fsp3) is 1.00. The number of hydrogen-bond acceptors (Lipinski definition) is 5. The van der Waals surface area contributed by atoms with Gasteiger partial charge in [-0.05, 0) is 0 Å². The van der Waals surface area contributed by atoms with E-state index in [4.69, 9.17) is 14.0 Å². The van der Waals surface area contributed by atoms with Gasteiger partial charge in [-0.2, -0.15) is 0 Å². The fourth-order valence-electron chi connectivity index (χ4n) is 1.06. The maximum absolute atomic E-state index is 9.25. The topological polar surface area (TPSA) is 58.9 Å². The number of aliphatic hydroxyl groups is 2. The first-order valence-corrected chi connectivity index (χ1v) is 6.90. The van der Waals surface area contributed by atoms with Crippen molar-refractivity contribution in [2.45, 2.75) is 24.7 Å². The minimum absolute atomic E-state index is 0.0920. The molecule has 0 aromatic heterocycles. The van der Waals surface area contributed by atoms with Crippen molar-refractivity contribution in [3.05, 3.63) is 0 Å². The van der Waals surface area contributed by atoms with E-state index in [1.807, 2.05) is 21.2 Å². The summed E-state index contributed by atoms with van der Waals surface area (Å²) in [7, 11) is 1.24. The van der Waals surface area contributed by atoms with Gasteiger partial charge in [0.25, 0.3) is 0 Å². The fourth-order valence-corrected chi connectivity index (χ4v) is 1.70. The van der Waals surface area contributed by atoms with Gasteiger partial charge in [0.05, 0.1) is 34.6 Å². The lowest BCUT2D eigenvalue weighted by atomic mass is 10.0. The highest BCUT2D eigenvalue weighted by atomic mass is 127. The highest BCUT2D eigenvalue weighted by Gasteiger charge is 2.28. The van der Waals surface area contributed by atoms with E-state index in [1.165, 1.54) is 9.21 Å². The number of hydrogen-bond donors (Lipinski definition) is 2. The lowest BCUT2D eigenvalue weighted by molar-refractivity contribution is -0.127. The molecule has 1 heterocycles. The zero-order valence-corrected chi connectivity index (χ0v) is 9.32. The number of ether oxygens (including phenoxy) is 1. The van der Waals surface area contributed by atoms with Crippen LogP contribution in [0.2, 0.25) is 0 Å². The van der Waals surface area contributed by atoms with Crippen LogP contribution in [0.25, 0.3) is 0 Å². The molecule has 1 rings (SSSR count). The van der Waals surface area contributed by atoms with Gasteiger partial charge < -0.3 is 19.1 Å². The van der Waals surface area contributed by atoms with Gasteiger partial charge >= 0.3 is 0 Å². The molecule has 0 aromatic carbocycles. The van der Waals surface area contributed by atoms with Gasteiger partial charge in [-0.3, -0.25) is 0 Å². The van der Waals surface area contributed by atoms with Crippen molar-refractivity contribution >= 4 is 30.4 Å². The molecule has 72 valence electrons. The molecule has 1 saturated heterocycles. The molecule has 6 heteroatoms. The standard InChI is InChI=1S/C6H11IO4S/c7-12-11-2-4-1-5(8)6(9)3-10-4/h4-6,8-9H,1-3H2. The highest BCUT2D eigenvalue weighted by Crippen LogP contribution is 2.18. The van der Waals surface area contributed by atoms with Gasteiger partial charge in [-0.1, -0.05) is 0 Å². The lowest BCUT2D eigenvalue weighted by Gasteiger charge is -2.29. The third-order valence-corrected chi connectivity index (χ3v) is 2.74. The van der Waals surface area contributed by atoms with E-state index in [-0.39, 0.29) is 12.7 Å². The molecule has 0 radical (unpaired) electrons. The molecule has 4 nitrogen and oxygen atoms in total. The first-order chi connectivity index (χ1) is 5.74. The molecule has 12 heavy (non-hydrogen) atoms. The molecule has 0 aliphatic carbocycles. The molecule has 2 N–H and O–H groups in total. The second kappa shape index (κ2) is 5.61. The van der Waals surface area contributed by atoms with E-state index in [1.54, 1.807) is 0 Å². The maximum Gasteiger partial charge on any atom is 0.103 e. The van der Waals surface area contributed by atoms with E-state index >= 15 is 0 Å². The lowest BCUT2D eigenvalue weighted by Crippen LogP contribution is -2.42. The first-order valence-electron chi connectivity index (χ1n) is 3.62. The quantitative estimate of drug-likeness (QED) is 0.588. The number of aliphatic hydroxyl groups excluding tert-OH is 2. The van der Waals surface area contributed by atoms with Crippen molar-refractivity contribution in [2.24, 2.45) is 0 Å². The predicted molar refractivity (Wildman–Crippen MR) is 53.9 cm³/mol. The molecule has 0 aromatic rings. The molecule has 0 bridgehead atoms. The Kier molecular flexibility index (Phi) is 5.14. The van der Waals surface area contributed by atoms with Gasteiger partial charge in [0, 0.05) is 27.6 Å². The Morgan fingerprint density at radius 3 is 2.83 bits per heavy atom. The second-order valence-electron chi connectivity index (χ2n) is 2.67. The van der Waals surface area contributed by atoms with Crippen LogP contribution in [0.15, 0.2) is 0 Å². The normalized spacial score (nSPS) is 36.8. The van der Waals surface area contributed by atoms with Crippen molar-refractivity contribution in [1.29, 1.82) is 0 Å². The zero-order chi connectivity index (χ0) is 8.97. The van der Waals surface area contributed by atoms with Gasteiger partial charge in [0.1, 0.15) is 6.10 Å². The molecule has 3 unspecified atom stereocenters. The van der Waals surface area contributed by atoms with Crippen LogP contribution in [0.5, 0.6) is 0 Å². The van der Waals surface area contributed by atoms with Crippen molar-refractivity contribution in [3.63, 3.8) is 0 Å². The largest absolute Gasteiger partial charge is 0.390 e. The molecule has 0 amide bonds. The average molecular weight is 306 g/mol. The Bertz CT molecular complexity index is 135. The Balaban J connectivity index is 2.21. The van der Waals surface area contributed by atoms with Crippen LogP contribution in [0.1, 0.15) is 6.42 Å². The Morgan fingerprint density at radius 1 is 1.50 bits per heavy atom. The predicted octanol–water partition coefficient (Wildman–Crippen LogP) is 0.512. The minimum atomic E-state index is -0.742. The van der Waals surface area contributed by atoms with Crippen LogP contribution in [0.4, 0.5) is 0 Å². The van der Waals surface area contributed by atoms with Crippen LogP contribution in [0.3, 0.4) is 0 Å². The van der Waals surface area contributed by atoms with Crippen molar-refractivity contribution < 1.29 is 19.1 Å². The Hall–Kier alpha value is 0.920. The van der Waals surface area contributed by atoms with Gasteiger partial charge in [0.2, 0.25) is 0 Å². The summed E-state index contributed by atoms with van der Waals surface area (Å²) in [5.74, 6) is 0. The number of halogens is 1. The summed E-state index contributed by atoms with van der Waals surface area (Å²) in [5, 5.41) is 18.4. The summed E-state index contributed by atoms with van der Waals surface area (Å²) in [4.78, 5) is 0. The molecule has 0 saturated carbocycles. The van der Waals surface area contributed by atoms with Crippen molar-refractivity contribution in [3.8, 4) is 0 Å². The minimum Gasteiger partial charge on any atom is -0.390 e. The second-order valence-corrected chi connectivity index (χ2v) is 4.11. The van der Waals surface area contributed by atoms with Gasteiger partial charge in [-0.15, -0.1) is 0 Å². The Morgan fingerprint density at radius 2 is 2.25 bits per heavy atom. The SMILES string of the molecule is OC1COC(COSI)CC1O. The summed E-state index contributed by atoms with van der Waals surface area (Å²) in [6.07, 6.45) is -1.07. The smallest absolute Gasteiger partial charge is 0.103 e. The van der Waals surface area contributed by atoms with Crippen LogP contribution in [-0.4, -0.2) is 41.7 Å². The highest BCUT2D eigenvalue weighted by molar-refractivity contribution is 14.2. The summed E-state index contributed by atoms with van der Waals surface area (Å²) in [5.41, 5.74) is 0. The van der Waals surface area contributed by atoms with Gasteiger partial charge in [-0.25, -0.2) is 0 Å². The van der Waals surface area contributed by atoms with Crippen molar-refractivity contribution in [2.75, 3.05) is 13.2 Å². The zero-order valence-electron chi connectivity index (χ0n) is 6.35. The molecule has 1 fully saturated rings. The summed E-state index contributed by atoms with van der Waals surface area (Å²) >= 11 is 2.02. The monoisotopic (exact) mass is 306 g/mol. The summed E-state index contributed by atoms with van der Waals surface area (Å²) in [6.45, 7) is 0.651. The third kappa shape index (κ3) is 3.35. The number of rotatable bonds is 3. The summed E-state index contributed by atoms with van der Waals surface area (Å²) in [6, 6.07) is 0. The summed E-state index contributed by atoms with van der Waals surface area (Å²) < 4.78 is 10.3. The van der Waals surface area contributed by atoms with E-state index < -0.39 is 12.2 Å². The van der Waals surface area contributed by atoms with Crippen LogP contribution in [0, 0.1) is 0 Å². The first kappa shape index (κ1) is 11.0. The molecular formula is C6H11IO4S. The van der Waals surface area contributed by atoms with E-state index in [0.29, 0.717) is 13.0 Å². The van der Waals surface area contributed by atoms with Crippen LogP contribution >= 0.6 is 30.4 Å². The van der Waals surface area contributed by atoms with E-state index in [9.17, 15) is 5.11 Å². The van der Waals surface area contributed by atoms with Crippen LogP contribution in [-0.2, 0) is 8.92 Å².